The zero-order chi connectivity index (χ0) is 14.7. The Kier molecular flexibility index (Phi) is 4.69. The lowest BCUT2D eigenvalue weighted by atomic mass is 10.1. The fourth-order valence-corrected chi connectivity index (χ4v) is 2.48. The van der Waals surface area contributed by atoms with Gasteiger partial charge in [-0.25, -0.2) is 9.18 Å². The molecule has 0 unspecified atom stereocenters. The Morgan fingerprint density at radius 2 is 2.20 bits per heavy atom. The minimum absolute atomic E-state index is 0.314. The maximum atomic E-state index is 13.9. The van der Waals surface area contributed by atoms with Crippen LogP contribution in [-0.2, 0) is 9.53 Å². The van der Waals surface area contributed by atoms with Gasteiger partial charge in [0.15, 0.2) is 0 Å². The zero-order valence-corrected chi connectivity index (χ0v) is 13.3. The van der Waals surface area contributed by atoms with Gasteiger partial charge >= 0.3 is 5.97 Å². The van der Waals surface area contributed by atoms with Crippen LogP contribution in [0.2, 0.25) is 0 Å². The summed E-state index contributed by atoms with van der Waals surface area (Å²) >= 11 is 2.05. The summed E-state index contributed by atoms with van der Waals surface area (Å²) in [6, 6.07) is 5.10. The van der Waals surface area contributed by atoms with E-state index in [1.54, 1.807) is 19.9 Å². The molecule has 0 amide bonds. The molecule has 20 heavy (non-hydrogen) atoms. The predicted octanol–water partition coefficient (Wildman–Crippen LogP) is 3.86. The van der Waals surface area contributed by atoms with E-state index in [0.717, 1.165) is 9.13 Å². The fourth-order valence-electron chi connectivity index (χ4n) is 1.90. The minimum atomic E-state index is -0.416. The van der Waals surface area contributed by atoms with Crippen LogP contribution in [0.3, 0.4) is 0 Å². The van der Waals surface area contributed by atoms with Gasteiger partial charge in [-0.05, 0) is 66.3 Å². The van der Waals surface area contributed by atoms with Crippen molar-refractivity contribution in [3.63, 3.8) is 0 Å². The molecule has 0 saturated heterocycles. The first-order chi connectivity index (χ1) is 9.51. The van der Waals surface area contributed by atoms with Crippen molar-refractivity contribution in [3.05, 3.63) is 44.9 Å². The van der Waals surface area contributed by atoms with E-state index in [4.69, 9.17) is 4.74 Å². The first-order valence-electron chi connectivity index (χ1n) is 6.12. The van der Waals surface area contributed by atoms with Crippen LogP contribution in [0.4, 0.5) is 4.39 Å². The van der Waals surface area contributed by atoms with E-state index in [1.807, 2.05) is 12.1 Å². The summed E-state index contributed by atoms with van der Waals surface area (Å²) in [5.41, 5.74) is 1.76. The Hall–Kier alpha value is -1.50. The number of aromatic nitrogens is 1. The highest BCUT2D eigenvalue weighted by Crippen LogP contribution is 2.24. The summed E-state index contributed by atoms with van der Waals surface area (Å²) in [6.45, 7) is 3.86. The third kappa shape index (κ3) is 3.33. The number of hydrogen-bond donors (Lipinski definition) is 0. The average molecular weight is 385 g/mol. The summed E-state index contributed by atoms with van der Waals surface area (Å²) in [6.07, 6.45) is 2.97. The molecule has 0 N–H and O–H groups in total. The first kappa shape index (κ1) is 14.9. The zero-order valence-electron chi connectivity index (χ0n) is 11.1. The van der Waals surface area contributed by atoms with Crippen molar-refractivity contribution in [1.82, 2.24) is 4.98 Å². The molecule has 2 rings (SSSR count). The number of rotatable bonds is 3. The lowest BCUT2D eigenvalue weighted by Gasteiger charge is -2.06. The van der Waals surface area contributed by atoms with Crippen LogP contribution >= 0.6 is 22.6 Å². The quantitative estimate of drug-likeness (QED) is 0.458. The minimum Gasteiger partial charge on any atom is -0.463 e. The molecule has 0 radical (unpaired) electrons. The number of esters is 1. The van der Waals surface area contributed by atoms with Crippen LogP contribution in [0, 0.1) is 16.3 Å². The number of aryl methyl sites for hydroxylation is 1. The number of fused-ring (bicyclic) bond motifs is 1. The third-order valence-electron chi connectivity index (χ3n) is 2.68. The van der Waals surface area contributed by atoms with Gasteiger partial charge in [-0.3, -0.25) is 4.98 Å². The molecule has 1 aromatic heterocycles. The van der Waals surface area contributed by atoms with Gasteiger partial charge in [0.05, 0.1) is 6.61 Å². The molecule has 0 aliphatic rings. The van der Waals surface area contributed by atoms with Crippen LogP contribution in [0.1, 0.15) is 18.2 Å². The lowest BCUT2D eigenvalue weighted by molar-refractivity contribution is -0.137. The topological polar surface area (TPSA) is 39.2 Å². The maximum absolute atomic E-state index is 13.9. The molecular formula is C15H13FINO2. The summed E-state index contributed by atoms with van der Waals surface area (Å²) in [4.78, 5) is 15.6. The smallest absolute Gasteiger partial charge is 0.330 e. The van der Waals surface area contributed by atoms with Crippen LogP contribution in [-0.4, -0.2) is 17.6 Å². The molecule has 0 bridgehead atoms. The highest BCUT2D eigenvalue weighted by molar-refractivity contribution is 14.1. The van der Waals surface area contributed by atoms with Crippen molar-refractivity contribution in [2.75, 3.05) is 6.61 Å². The Morgan fingerprint density at radius 1 is 1.45 bits per heavy atom. The molecule has 0 aliphatic carbocycles. The highest BCUT2D eigenvalue weighted by Gasteiger charge is 2.08. The van der Waals surface area contributed by atoms with Gasteiger partial charge in [0.2, 0.25) is 0 Å². The summed E-state index contributed by atoms with van der Waals surface area (Å²) in [5.74, 6) is -0.775. The molecule has 1 heterocycles. The molecule has 0 fully saturated rings. The second kappa shape index (κ2) is 6.30. The number of pyridine rings is 1. The molecule has 1 aromatic carbocycles. The largest absolute Gasteiger partial charge is 0.463 e. The van der Waals surface area contributed by atoms with Crippen molar-refractivity contribution in [2.45, 2.75) is 13.8 Å². The Bertz CT molecular complexity index is 698. The third-order valence-corrected chi connectivity index (χ3v) is 3.30. The maximum Gasteiger partial charge on any atom is 0.330 e. The summed E-state index contributed by atoms with van der Waals surface area (Å²) in [5, 5.41) is 0.681. The second-order valence-electron chi connectivity index (χ2n) is 4.22. The number of ether oxygens (including phenoxy) is 1. The number of benzene rings is 1. The standard InChI is InChI=1S/C15H13FINO2/c1-3-20-14(19)5-4-10-6-9(2)18-15-12(10)7-11(17)8-13(15)16/h4-8H,3H2,1-2H3/b5-4+. The molecule has 0 atom stereocenters. The molecule has 5 heteroatoms. The Morgan fingerprint density at radius 3 is 2.90 bits per heavy atom. The van der Waals surface area contributed by atoms with Gasteiger partial charge in [-0.1, -0.05) is 0 Å². The molecule has 3 nitrogen and oxygen atoms in total. The van der Waals surface area contributed by atoms with E-state index in [1.165, 1.54) is 12.1 Å². The van der Waals surface area contributed by atoms with E-state index < -0.39 is 5.97 Å². The number of carbonyl (C=O) groups excluding carboxylic acids is 1. The number of halogens is 2. The van der Waals surface area contributed by atoms with Crippen LogP contribution in [0.25, 0.3) is 17.0 Å². The Labute approximate surface area is 130 Å². The van der Waals surface area contributed by atoms with Crippen molar-refractivity contribution in [3.8, 4) is 0 Å². The highest BCUT2D eigenvalue weighted by atomic mass is 127. The van der Waals surface area contributed by atoms with Gasteiger partial charge in [-0.2, -0.15) is 0 Å². The molecule has 0 saturated carbocycles. The second-order valence-corrected chi connectivity index (χ2v) is 5.47. The molecule has 2 aromatic rings. The summed E-state index contributed by atoms with van der Waals surface area (Å²) < 4.78 is 19.6. The molecule has 0 spiro atoms. The van der Waals surface area contributed by atoms with E-state index in [-0.39, 0.29) is 5.82 Å². The van der Waals surface area contributed by atoms with Crippen LogP contribution < -0.4 is 0 Å². The van der Waals surface area contributed by atoms with Crippen LogP contribution in [0.15, 0.2) is 24.3 Å². The van der Waals surface area contributed by atoms with Crippen molar-refractivity contribution in [1.29, 1.82) is 0 Å². The van der Waals surface area contributed by atoms with Gasteiger partial charge in [0.1, 0.15) is 11.3 Å². The Balaban J connectivity index is 2.55. The lowest BCUT2D eigenvalue weighted by Crippen LogP contribution is -1.99. The molecule has 104 valence electrons. The van der Waals surface area contributed by atoms with Gasteiger partial charge in [-0.15, -0.1) is 0 Å². The predicted molar refractivity (Wildman–Crippen MR) is 84.8 cm³/mol. The van der Waals surface area contributed by atoms with Gasteiger partial charge < -0.3 is 4.74 Å². The monoisotopic (exact) mass is 385 g/mol. The number of nitrogens with zero attached hydrogens (tertiary/aromatic N) is 1. The van der Waals surface area contributed by atoms with E-state index in [0.29, 0.717) is 23.2 Å². The SMILES string of the molecule is CCOC(=O)/C=C/c1cc(C)nc2c(F)cc(I)cc12. The van der Waals surface area contributed by atoms with Crippen molar-refractivity contribution < 1.29 is 13.9 Å². The number of carbonyl (C=O) groups is 1. The van der Waals surface area contributed by atoms with Gasteiger partial charge in [0, 0.05) is 20.7 Å². The van der Waals surface area contributed by atoms with E-state index in [2.05, 4.69) is 27.6 Å². The first-order valence-corrected chi connectivity index (χ1v) is 7.20. The van der Waals surface area contributed by atoms with Crippen molar-refractivity contribution >= 4 is 45.5 Å². The van der Waals surface area contributed by atoms with Gasteiger partial charge in [0.25, 0.3) is 0 Å². The molecule has 0 aliphatic heterocycles. The fraction of sp³-hybridized carbons (Fsp3) is 0.200. The summed E-state index contributed by atoms with van der Waals surface area (Å²) in [7, 11) is 0. The van der Waals surface area contributed by atoms with Crippen LogP contribution in [0.5, 0.6) is 0 Å². The van der Waals surface area contributed by atoms with Crippen molar-refractivity contribution in [2.24, 2.45) is 0 Å². The average Bonchev–Trinajstić information content (AvgIpc) is 2.37. The number of hydrogen-bond acceptors (Lipinski definition) is 3. The van der Waals surface area contributed by atoms with E-state index >= 15 is 0 Å². The van der Waals surface area contributed by atoms with E-state index in [9.17, 15) is 9.18 Å². The molecular weight excluding hydrogens is 372 g/mol. The normalized spacial score (nSPS) is 11.2.